The smallest absolute Gasteiger partial charge is 0.305 e. The standard InChI is InChI=1S/C27H29NO4S/c1-27(2,3)16-28-22-13-12-18(32-4)14-21(22)25(33-23(26(28)31)15-24(29)30)20-11-7-9-17-8-5-6-10-19(17)20/h5-14,23,25H,15-16H2,1-4H3,(H,29,30)/t23-,25-/m1/s1. The molecule has 4 rings (SSSR count). The molecule has 0 aliphatic carbocycles. The SMILES string of the molecule is COc1ccc2c(c1)[C@@H](c1cccc3ccccc13)S[C@H](CC(=O)O)C(=O)N2CC(C)(C)C. The van der Waals surface area contributed by atoms with Gasteiger partial charge in [0.1, 0.15) is 5.75 Å². The Morgan fingerprint density at radius 2 is 1.79 bits per heavy atom. The molecule has 0 saturated carbocycles. The van der Waals surface area contributed by atoms with Crippen molar-refractivity contribution < 1.29 is 19.4 Å². The molecule has 2 atom stereocenters. The van der Waals surface area contributed by atoms with Gasteiger partial charge in [-0.05, 0) is 45.5 Å². The predicted octanol–water partition coefficient (Wildman–Crippen LogP) is 5.91. The molecular weight excluding hydrogens is 434 g/mol. The number of fused-ring (bicyclic) bond motifs is 2. The average molecular weight is 464 g/mol. The number of thioether (sulfide) groups is 1. The maximum atomic E-state index is 13.7. The predicted molar refractivity (Wildman–Crippen MR) is 134 cm³/mol. The zero-order valence-electron chi connectivity index (χ0n) is 19.4. The summed E-state index contributed by atoms with van der Waals surface area (Å²) < 4.78 is 5.54. The van der Waals surface area contributed by atoms with E-state index in [0.29, 0.717) is 12.3 Å². The van der Waals surface area contributed by atoms with E-state index in [0.717, 1.165) is 27.6 Å². The van der Waals surface area contributed by atoms with E-state index in [1.165, 1.54) is 11.8 Å². The van der Waals surface area contributed by atoms with Crippen LogP contribution in [-0.2, 0) is 9.59 Å². The molecule has 0 aromatic heterocycles. The van der Waals surface area contributed by atoms with Gasteiger partial charge in [0.15, 0.2) is 0 Å². The number of carboxylic acids is 1. The lowest BCUT2D eigenvalue weighted by Gasteiger charge is -2.31. The number of rotatable bonds is 5. The van der Waals surface area contributed by atoms with Crippen LogP contribution in [0.5, 0.6) is 5.75 Å². The van der Waals surface area contributed by atoms with Crippen LogP contribution >= 0.6 is 11.8 Å². The van der Waals surface area contributed by atoms with Crippen LogP contribution in [0.15, 0.2) is 60.7 Å². The average Bonchev–Trinajstić information content (AvgIpc) is 2.87. The number of nitrogens with zero attached hydrogens (tertiary/aromatic N) is 1. The minimum absolute atomic E-state index is 0.161. The summed E-state index contributed by atoms with van der Waals surface area (Å²) >= 11 is 1.42. The first kappa shape index (κ1) is 23.2. The first-order chi connectivity index (χ1) is 15.7. The van der Waals surface area contributed by atoms with Crippen molar-refractivity contribution in [3.05, 3.63) is 71.8 Å². The summed E-state index contributed by atoms with van der Waals surface area (Å²) in [5.41, 5.74) is 2.67. The second-order valence-electron chi connectivity index (χ2n) is 9.58. The van der Waals surface area contributed by atoms with Crippen molar-refractivity contribution in [2.75, 3.05) is 18.6 Å². The number of hydrogen-bond acceptors (Lipinski definition) is 4. The number of methoxy groups -OCH3 is 1. The number of hydrogen-bond donors (Lipinski definition) is 1. The van der Waals surface area contributed by atoms with Crippen LogP contribution in [-0.4, -0.2) is 35.9 Å². The lowest BCUT2D eigenvalue weighted by Crippen LogP contribution is -2.42. The lowest BCUT2D eigenvalue weighted by atomic mass is 9.93. The van der Waals surface area contributed by atoms with E-state index in [-0.39, 0.29) is 23.0 Å². The highest BCUT2D eigenvalue weighted by Gasteiger charge is 2.39. The number of carbonyl (C=O) groups is 2. The Kier molecular flexibility index (Phi) is 6.39. The summed E-state index contributed by atoms with van der Waals surface area (Å²) in [6.45, 7) is 6.73. The van der Waals surface area contributed by atoms with Crippen LogP contribution in [0.25, 0.3) is 10.8 Å². The fourth-order valence-corrected chi connectivity index (χ4v) is 5.85. The molecule has 6 heteroatoms. The van der Waals surface area contributed by atoms with Crippen LogP contribution in [0.2, 0.25) is 0 Å². The van der Waals surface area contributed by atoms with Crippen LogP contribution in [0.3, 0.4) is 0 Å². The summed E-state index contributed by atoms with van der Waals surface area (Å²) in [6, 6.07) is 20.1. The van der Waals surface area contributed by atoms with Crippen LogP contribution in [0, 0.1) is 5.41 Å². The zero-order valence-corrected chi connectivity index (χ0v) is 20.2. The van der Waals surface area contributed by atoms with Gasteiger partial charge < -0.3 is 14.7 Å². The first-order valence-corrected chi connectivity index (χ1v) is 12.0. The van der Waals surface area contributed by atoms with Crippen molar-refractivity contribution in [3.8, 4) is 5.75 Å². The molecule has 1 aliphatic rings. The molecule has 5 nitrogen and oxygen atoms in total. The fraction of sp³-hybridized carbons (Fsp3) is 0.333. The number of aliphatic carboxylic acids is 1. The van der Waals surface area contributed by atoms with Crippen molar-refractivity contribution in [2.24, 2.45) is 5.41 Å². The highest BCUT2D eigenvalue weighted by Crippen LogP contribution is 2.49. The third-order valence-corrected chi connectivity index (χ3v) is 7.22. The minimum atomic E-state index is -0.975. The van der Waals surface area contributed by atoms with Crippen molar-refractivity contribution in [2.45, 2.75) is 37.7 Å². The van der Waals surface area contributed by atoms with E-state index in [4.69, 9.17) is 4.74 Å². The number of carbonyl (C=O) groups excluding carboxylic acids is 1. The molecule has 3 aromatic rings. The summed E-state index contributed by atoms with van der Waals surface area (Å²) in [4.78, 5) is 27.2. The lowest BCUT2D eigenvalue weighted by molar-refractivity contribution is -0.138. The first-order valence-electron chi connectivity index (χ1n) is 11.0. The van der Waals surface area contributed by atoms with E-state index < -0.39 is 11.2 Å². The fourth-order valence-electron chi connectivity index (χ4n) is 4.36. The van der Waals surface area contributed by atoms with Gasteiger partial charge in [0.05, 0.1) is 24.0 Å². The quantitative estimate of drug-likeness (QED) is 0.510. The summed E-state index contributed by atoms with van der Waals surface area (Å²) in [5.74, 6) is -0.428. The Hall–Kier alpha value is -2.99. The molecule has 0 fully saturated rings. The van der Waals surface area contributed by atoms with Gasteiger partial charge in [-0.1, -0.05) is 63.2 Å². The maximum absolute atomic E-state index is 13.7. The van der Waals surface area contributed by atoms with E-state index in [1.54, 1.807) is 12.0 Å². The molecule has 1 N–H and O–H groups in total. The van der Waals surface area contributed by atoms with Gasteiger partial charge in [-0.3, -0.25) is 9.59 Å². The largest absolute Gasteiger partial charge is 0.497 e. The monoisotopic (exact) mass is 463 g/mol. The molecule has 0 unspecified atom stereocenters. The Labute approximate surface area is 198 Å². The minimum Gasteiger partial charge on any atom is -0.497 e. The highest BCUT2D eigenvalue weighted by atomic mass is 32.2. The van der Waals surface area contributed by atoms with Gasteiger partial charge in [0.2, 0.25) is 5.91 Å². The molecular formula is C27H29NO4S. The number of anilines is 1. The van der Waals surface area contributed by atoms with Crippen molar-refractivity contribution in [3.63, 3.8) is 0 Å². The third kappa shape index (κ3) is 4.86. The van der Waals surface area contributed by atoms with E-state index in [1.807, 2.05) is 36.4 Å². The van der Waals surface area contributed by atoms with Gasteiger partial charge >= 0.3 is 5.97 Å². The molecule has 33 heavy (non-hydrogen) atoms. The van der Waals surface area contributed by atoms with E-state index in [9.17, 15) is 14.7 Å². The van der Waals surface area contributed by atoms with Crippen LogP contribution in [0.1, 0.15) is 43.6 Å². The van der Waals surface area contributed by atoms with Crippen molar-refractivity contribution >= 4 is 40.1 Å². The molecule has 172 valence electrons. The maximum Gasteiger partial charge on any atom is 0.305 e. The molecule has 0 bridgehead atoms. The van der Waals surface area contributed by atoms with Crippen molar-refractivity contribution in [1.29, 1.82) is 0 Å². The van der Waals surface area contributed by atoms with E-state index in [2.05, 4.69) is 45.0 Å². The van der Waals surface area contributed by atoms with Gasteiger partial charge in [0.25, 0.3) is 0 Å². The highest BCUT2D eigenvalue weighted by molar-refractivity contribution is 8.01. The number of carboxylic acid groups (broad SMARTS) is 1. The summed E-state index contributed by atoms with van der Waals surface area (Å²) in [7, 11) is 1.63. The Balaban J connectivity index is 1.97. The molecule has 1 aliphatic heterocycles. The molecule has 0 radical (unpaired) electrons. The van der Waals surface area contributed by atoms with E-state index >= 15 is 0 Å². The molecule has 1 heterocycles. The molecule has 1 amide bonds. The van der Waals surface area contributed by atoms with Gasteiger partial charge in [-0.2, -0.15) is 0 Å². The second-order valence-corrected chi connectivity index (χ2v) is 10.9. The third-order valence-electron chi connectivity index (χ3n) is 5.75. The second kappa shape index (κ2) is 9.10. The van der Waals surface area contributed by atoms with Gasteiger partial charge in [-0.15, -0.1) is 11.8 Å². The number of amides is 1. The molecule has 3 aromatic carbocycles. The zero-order chi connectivity index (χ0) is 23.8. The Bertz CT molecular complexity index is 1190. The summed E-state index contributed by atoms with van der Waals surface area (Å²) in [6.07, 6.45) is -0.226. The molecule has 0 saturated heterocycles. The number of ether oxygens (including phenoxy) is 1. The Morgan fingerprint density at radius 1 is 1.06 bits per heavy atom. The van der Waals surface area contributed by atoms with Crippen LogP contribution in [0.4, 0.5) is 5.69 Å². The molecule has 0 spiro atoms. The Morgan fingerprint density at radius 3 is 2.48 bits per heavy atom. The number of benzene rings is 3. The van der Waals surface area contributed by atoms with Gasteiger partial charge in [0, 0.05) is 12.2 Å². The van der Waals surface area contributed by atoms with Gasteiger partial charge in [-0.25, -0.2) is 0 Å². The van der Waals surface area contributed by atoms with Crippen LogP contribution < -0.4 is 9.64 Å². The normalized spacial score (nSPS) is 18.7. The van der Waals surface area contributed by atoms with Crippen molar-refractivity contribution in [1.82, 2.24) is 0 Å². The topological polar surface area (TPSA) is 66.8 Å². The summed E-state index contributed by atoms with van der Waals surface area (Å²) in [5, 5.41) is 10.9.